The summed E-state index contributed by atoms with van der Waals surface area (Å²) in [5, 5.41) is 6.45. The number of amides is 3. The van der Waals surface area contributed by atoms with Crippen LogP contribution in [0.2, 0.25) is 0 Å². The molecule has 2 heterocycles. The Morgan fingerprint density at radius 1 is 1.11 bits per heavy atom. The Morgan fingerprint density at radius 2 is 1.86 bits per heavy atom. The fraction of sp³-hybridized carbons (Fsp3) is 0.462. The predicted octanol–water partition coefficient (Wildman–Crippen LogP) is 4.68. The predicted molar refractivity (Wildman–Crippen MR) is 140 cm³/mol. The molecule has 9 heteroatoms. The molecule has 186 valence electrons. The van der Waals surface area contributed by atoms with E-state index in [4.69, 9.17) is 0 Å². The quantitative estimate of drug-likeness (QED) is 0.516. The minimum Gasteiger partial charge on any atom is -0.349 e. The zero-order chi connectivity index (χ0) is 25.1. The first kappa shape index (κ1) is 24.9. The van der Waals surface area contributed by atoms with E-state index in [0.29, 0.717) is 18.1 Å². The molecule has 4 rings (SSSR count). The number of rotatable bonds is 7. The molecule has 0 aliphatic heterocycles. The second kappa shape index (κ2) is 10.6. The number of hydrogen-bond donors (Lipinski definition) is 1. The smallest absolute Gasteiger partial charge is 0.276 e. The lowest BCUT2D eigenvalue weighted by Crippen LogP contribution is -2.33. The van der Waals surface area contributed by atoms with E-state index in [9.17, 15) is 14.4 Å². The number of anilines is 2. The molecule has 1 aliphatic carbocycles. The van der Waals surface area contributed by atoms with Crippen molar-refractivity contribution in [3.05, 3.63) is 40.3 Å². The van der Waals surface area contributed by atoms with E-state index in [0.717, 1.165) is 47.3 Å². The molecule has 0 spiro atoms. The second-order valence-corrected chi connectivity index (χ2v) is 10.5. The van der Waals surface area contributed by atoms with E-state index in [1.165, 1.54) is 17.8 Å². The molecule has 0 radical (unpaired) electrons. The number of carbonyl (C=O) groups excluding carboxylic acids is 3. The molecule has 35 heavy (non-hydrogen) atoms. The van der Waals surface area contributed by atoms with Crippen molar-refractivity contribution in [1.82, 2.24) is 14.5 Å². The van der Waals surface area contributed by atoms with Gasteiger partial charge in [-0.15, -0.1) is 11.3 Å². The summed E-state index contributed by atoms with van der Waals surface area (Å²) in [6, 6.07) is 7.77. The largest absolute Gasteiger partial charge is 0.349 e. The zero-order valence-electron chi connectivity index (χ0n) is 20.8. The lowest BCUT2D eigenvalue weighted by molar-refractivity contribution is -0.128. The highest BCUT2D eigenvalue weighted by atomic mass is 32.1. The van der Waals surface area contributed by atoms with Crippen LogP contribution < -0.4 is 10.2 Å². The third-order valence-electron chi connectivity index (χ3n) is 6.70. The molecule has 3 amide bonds. The van der Waals surface area contributed by atoms with Crippen molar-refractivity contribution in [2.75, 3.05) is 31.4 Å². The molecular formula is C26H33N5O3S. The van der Waals surface area contributed by atoms with E-state index in [1.54, 1.807) is 29.3 Å². The van der Waals surface area contributed by atoms with Crippen LogP contribution in [0.15, 0.2) is 29.6 Å². The standard InChI is InChI=1S/C26H33N5O3S/c1-17-27-21(16-35-17)25(33)28-23-14-19-10-11-20(30(4)26(34)18-8-6-5-7-9-18)15-22(19)31(23)13-12-24(32)29(2)3/h10-11,14-16,18H,5-9,12-13H2,1-4H3,(H,28,33). The van der Waals surface area contributed by atoms with Gasteiger partial charge in [-0.05, 0) is 38.0 Å². The van der Waals surface area contributed by atoms with Gasteiger partial charge < -0.3 is 19.7 Å². The van der Waals surface area contributed by atoms with Crippen LogP contribution in [0.3, 0.4) is 0 Å². The van der Waals surface area contributed by atoms with E-state index in [2.05, 4.69) is 10.3 Å². The van der Waals surface area contributed by atoms with Crippen LogP contribution in [-0.4, -0.2) is 53.3 Å². The molecule has 1 N–H and O–H groups in total. The summed E-state index contributed by atoms with van der Waals surface area (Å²) in [4.78, 5) is 45.9. The number of thiazole rings is 1. The maximum atomic E-state index is 13.1. The number of aryl methyl sites for hydroxylation is 2. The normalized spacial score (nSPS) is 14.2. The highest BCUT2D eigenvalue weighted by Gasteiger charge is 2.25. The van der Waals surface area contributed by atoms with Gasteiger partial charge in [0.2, 0.25) is 11.8 Å². The van der Waals surface area contributed by atoms with Gasteiger partial charge in [-0.3, -0.25) is 14.4 Å². The number of nitrogens with zero attached hydrogens (tertiary/aromatic N) is 4. The fourth-order valence-electron chi connectivity index (χ4n) is 4.63. The van der Waals surface area contributed by atoms with Crippen LogP contribution in [0.4, 0.5) is 11.5 Å². The van der Waals surface area contributed by atoms with Crippen LogP contribution in [0.1, 0.15) is 54.0 Å². The van der Waals surface area contributed by atoms with E-state index in [-0.39, 0.29) is 30.1 Å². The van der Waals surface area contributed by atoms with E-state index < -0.39 is 0 Å². The van der Waals surface area contributed by atoms with Crippen LogP contribution in [0, 0.1) is 12.8 Å². The summed E-state index contributed by atoms with van der Waals surface area (Å²) in [5.41, 5.74) is 2.04. The lowest BCUT2D eigenvalue weighted by Gasteiger charge is -2.26. The molecular weight excluding hydrogens is 462 g/mol. The average molecular weight is 496 g/mol. The topological polar surface area (TPSA) is 87.5 Å². The minimum absolute atomic E-state index is 0.00000137. The number of nitrogens with one attached hydrogen (secondary N) is 1. The summed E-state index contributed by atoms with van der Waals surface area (Å²) in [6.45, 7) is 2.26. The van der Waals surface area contributed by atoms with Gasteiger partial charge in [0, 0.05) is 56.5 Å². The molecule has 1 fully saturated rings. The molecule has 0 unspecified atom stereocenters. The van der Waals surface area contributed by atoms with Crippen molar-refractivity contribution in [1.29, 1.82) is 0 Å². The van der Waals surface area contributed by atoms with Crippen molar-refractivity contribution in [3.8, 4) is 0 Å². The van der Waals surface area contributed by atoms with Crippen molar-refractivity contribution >= 4 is 51.5 Å². The van der Waals surface area contributed by atoms with Gasteiger partial charge in [0.1, 0.15) is 11.5 Å². The molecule has 1 aliphatic rings. The molecule has 2 aromatic heterocycles. The molecule has 8 nitrogen and oxygen atoms in total. The summed E-state index contributed by atoms with van der Waals surface area (Å²) in [6.07, 6.45) is 5.59. The van der Waals surface area contributed by atoms with Crippen molar-refractivity contribution in [2.24, 2.45) is 5.92 Å². The van der Waals surface area contributed by atoms with Gasteiger partial charge in [0.15, 0.2) is 0 Å². The monoisotopic (exact) mass is 495 g/mol. The molecule has 1 saturated carbocycles. The van der Waals surface area contributed by atoms with Gasteiger partial charge in [0.25, 0.3) is 5.91 Å². The minimum atomic E-state index is -0.290. The highest BCUT2D eigenvalue weighted by Crippen LogP contribution is 2.31. The van der Waals surface area contributed by atoms with Crippen LogP contribution in [0.5, 0.6) is 0 Å². The molecule has 0 atom stereocenters. The van der Waals surface area contributed by atoms with Crippen LogP contribution >= 0.6 is 11.3 Å². The Balaban J connectivity index is 1.66. The van der Waals surface area contributed by atoms with Gasteiger partial charge in [-0.1, -0.05) is 25.3 Å². The number of benzene rings is 1. The third kappa shape index (κ3) is 5.56. The number of carbonyl (C=O) groups is 3. The van der Waals surface area contributed by atoms with Crippen molar-refractivity contribution in [2.45, 2.75) is 52.0 Å². The number of fused-ring (bicyclic) bond motifs is 1. The Hall–Kier alpha value is -3.20. The highest BCUT2D eigenvalue weighted by molar-refractivity contribution is 7.09. The van der Waals surface area contributed by atoms with E-state index in [1.807, 2.05) is 42.8 Å². The second-order valence-electron chi connectivity index (χ2n) is 9.40. The van der Waals surface area contributed by atoms with Crippen LogP contribution in [0.25, 0.3) is 10.9 Å². The average Bonchev–Trinajstić information content (AvgIpc) is 3.44. The van der Waals surface area contributed by atoms with Crippen molar-refractivity contribution < 1.29 is 14.4 Å². The fourth-order valence-corrected chi connectivity index (χ4v) is 5.22. The lowest BCUT2D eigenvalue weighted by atomic mass is 9.88. The Labute approximate surface area is 209 Å². The van der Waals surface area contributed by atoms with E-state index >= 15 is 0 Å². The zero-order valence-corrected chi connectivity index (χ0v) is 21.7. The Bertz CT molecular complexity index is 1240. The maximum absolute atomic E-state index is 13.1. The van der Waals surface area contributed by atoms with Gasteiger partial charge >= 0.3 is 0 Å². The summed E-state index contributed by atoms with van der Waals surface area (Å²) >= 11 is 1.42. The first-order valence-corrected chi connectivity index (χ1v) is 13.0. The third-order valence-corrected chi connectivity index (χ3v) is 7.47. The maximum Gasteiger partial charge on any atom is 0.276 e. The van der Waals surface area contributed by atoms with Gasteiger partial charge in [-0.2, -0.15) is 0 Å². The van der Waals surface area contributed by atoms with Gasteiger partial charge in [-0.25, -0.2) is 4.98 Å². The summed E-state index contributed by atoms with van der Waals surface area (Å²) in [5.74, 6) is 0.533. The SMILES string of the molecule is Cc1nc(C(=O)Nc2cc3ccc(N(C)C(=O)C4CCCCC4)cc3n2CCC(=O)N(C)C)cs1. The molecule has 3 aromatic rings. The Kier molecular flexibility index (Phi) is 7.54. The number of aromatic nitrogens is 2. The first-order chi connectivity index (χ1) is 16.7. The first-order valence-electron chi connectivity index (χ1n) is 12.1. The molecule has 1 aromatic carbocycles. The molecule has 0 bridgehead atoms. The Morgan fingerprint density at radius 3 is 2.51 bits per heavy atom. The van der Waals surface area contributed by atoms with Gasteiger partial charge in [0.05, 0.1) is 10.5 Å². The van der Waals surface area contributed by atoms with Crippen molar-refractivity contribution in [3.63, 3.8) is 0 Å². The number of hydrogen-bond acceptors (Lipinski definition) is 5. The summed E-state index contributed by atoms with van der Waals surface area (Å²) < 4.78 is 1.94. The van der Waals surface area contributed by atoms with Crippen LogP contribution in [-0.2, 0) is 16.1 Å². The summed E-state index contributed by atoms with van der Waals surface area (Å²) in [7, 11) is 5.29. The molecule has 0 saturated heterocycles.